The Bertz CT molecular complexity index is 194. The van der Waals surface area contributed by atoms with E-state index in [4.69, 9.17) is 15.6 Å². The molecule has 0 rings (SSSR count). The molecule has 0 aromatic carbocycles. The van der Waals surface area contributed by atoms with Crippen molar-refractivity contribution in [1.82, 2.24) is 0 Å². The molecular weight excluding hydrogens is 182 g/mol. The van der Waals surface area contributed by atoms with Crippen LogP contribution in [-0.2, 0) is 9.53 Å². The van der Waals surface area contributed by atoms with Crippen molar-refractivity contribution in [2.45, 2.75) is 51.7 Å². The normalized spacial score (nSPS) is 12.9. The SMILES string of the molecule is CC(C)(N)CCOC(C)(C)CC(=O)O. The molecule has 0 atom stereocenters. The molecule has 0 unspecified atom stereocenters. The molecule has 0 aliphatic heterocycles. The molecule has 3 N–H and O–H groups in total. The van der Waals surface area contributed by atoms with Crippen molar-refractivity contribution in [1.29, 1.82) is 0 Å². The lowest BCUT2D eigenvalue weighted by molar-refractivity contribution is -0.143. The van der Waals surface area contributed by atoms with Crippen LogP contribution in [0.2, 0.25) is 0 Å². The number of hydrogen-bond donors (Lipinski definition) is 2. The fraction of sp³-hybridized carbons (Fsp3) is 0.900. The van der Waals surface area contributed by atoms with E-state index in [2.05, 4.69) is 0 Å². The molecule has 0 aromatic heterocycles. The van der Waals surface area contributed by atoms with Gasteiger partial charge in [0.25, 0.3) is 0 Å². The van der Waals surface area contributed by atoms with Crippen LogP contribution in [0.15, 0.2) is 0 Å². The molecule has 0 saturated heterocycles. The van der Waals surface area contributed by atoms with Crippen molar-refractivity contribution < 1.29 is 14.6 Å². The summed E-state index contributed by atoms with van der Waals surface area (Å²) in [5.74, 6) is -0.845. The van der Waals surface area contributed by atoms with Crippen molar-refractivity contribution in [3.8, 4) is 0 Å². The van der Waals surface area contributed by atoms with Crippen LogP contribution in [0.3, 0.4) is 0 Å². The summed E-state index contributed by atoms with van der Waals surface area (Å²) in [4.78, 5) is 10.5. The van der Waals surface area contributed by atoms with Crippen LogP contribution in [0, 0.1) is 0 Å². The predicted molar refractivity (Wildman–Crippen MR) is 55.2 cm³/mol. The molecule has 0 radical (unpaired) electrons. The first-order valence-electron chi connectivity index (χ1n) is 4.77. The van der Waals surface area contributed by atoms with Crippen molar-refractivity contribution in [3.05, 3.63) is 0 Å². The number of aliphatic carboxylic acids is 1. The third-order valence-corrected chi connectivity index (χ3v) is 1.82. The zero-order valence-corrected chi connectivity index (χ0v) is 9.46. The van der Waals surface area contributed by atoms with Gasteiger partial charge in [0.05, 0.1) is 12.0 Å². The minimum absolute atomic E-state index is 0.0119. The molecule has 0 heterocycles. The van der Waals surface area contributed by atoms with Crippen LogP contribution < -0.4 is 5.73 Å². The van der Waals surface area contributed by atoms with Gasteiger partial charge in [-0.1, -0.05) is 0 Å². The van der Waals surface area contributed by atoms with Crippen LogP contribution in [0.5, 0.6) is 0 Å². The van der Waals surface area contributed by atoms with Crippen LogP contribution in [0.1, 0.15) is 40.5 Å². The number of hydrogen-bond acceptors (Lipinski definition) is 3. The minimum atomic E-state index is -0.845. The topological polar surface area (TPSA) is 72.5 Å². The summed E-state index contributed by atoms with van der Waals surface area (Å²) in [7, 11) is 0. The zero-order chi connectivity index (χ0) is 11.4. The maximum absolute atomic E-state index is 10.5. The van der Waals surface area contributed by atoms with Crippen molar-refractivity contribution >= 4 is 5.97 Å². The van der Waals surface area contributed by atoms with Gasteiger partial charge in [0, 0.05) is 12.1 Å². The molecule has 0 aliphatic rings. The van der Waals surface area contributed by atoms with Gasteiger partial charge < -0.3 is 15.6 Å². The maximum Gasteiger partial charge on any atom is 0.306 e. The zero-order valence-electron chi connectivity index (χ0n) is 9.46. The second-order valence-electron chi connectivity index (χ2n) is 4.92. The smallest absolute Gasteiger partial charge is 0.306 e. The molecule has 0 saturated carbocycles. The van der Waals surface area contributed by atoms with Gasteiger partial charge in [0.1, 0.15) is 0 Å². The summed E-state index contributed by atoms with van der Waals surface area (Å²) in [6, 6.07) is 0. The fourth-order valence-electron chi connectivity index (χ4n) is 1.01. The van der Waals surface area contributed by atoms with Gasteiger partial charge in [0.2, 0.25) is 0 Å². The molecule has 0 aromatic rings. The molecule has 0 aliphatic carbocycles. The van der Waals surface area contributed by atoms with Crippen molar-refractivity contribution in [2.75, 3.05) is 6.61 Å². The molecule has 0 bridgehead atoms. The van der Waals surface area contributed by atoms with Gasteiger partial charge >= 0.3 is 5.97 Å². The summed E-state index contributed by atoms with van der Waals surface area (Å²) >= 11 is 0. The van der Waals surface area contributed by atoms with Crippen LogP contribution in [-0.4, -0.2) is 28.8 Å². The number of nitrogens with two attached hydrogens (primary N) is 1. The Labute approximate surface area is 85.4 Å². The lowest BCUT2D eigenvalue weighted by Gasteiger charge is -2.26. The highest BCUT2D eigenvalue weighted by Crippen LogP contribution is 2.16. The fourth-order valence-corrected chi connectivity index (χ4v) is 1.01. The minimum Gasteiger partial charge on any atom is -0.481 e. The van der Waals surface area contributed by atoms with Gasteiger partial charge in [-0.25, -0.2) is 0 Å². The Morgan fingerprint density at radius 2 is 1.86 bits per heavy atom. The van der Waals surface area contributed by atoms with E-state index < -0.39 is 11.6 Å². The largest absolute Gasteiger partial charge is 0.481 e. The summed E-state index contributed by atoms with van der Waals surface area (Å²) in [5.41, 5.74) is 4.89. The Hall–Kier alpha value is -0.610. The van der Waals surface area contributed by atoms with Crippen LogP contribution in [0.4, 0.5) is 0 Å². The first kappa shape index (κ1) is 13.4. The number of carboxylic acids is 1. The third kappa shape index (κ3) is 8.01. The standard InChI is InChI=1S/C10H21NO3/c1-9(2,11)5-6-14-10(3,4)7-8(12)13/h5-7,11H2,1-4H3,(H,12,13). The Morgan fingerprint density at radius 3 is 2.21 bits per heavy atom. The average molecular weight is 203 g/mol. The lowest BCUT2D eigenvalue weighted by Crippen LogP contribution is -2.36. The summed E-state index contributed by atoms with van der Waals surface area (Å²) < 4.78 is 5.46. The van der Waals surface area contributed by atoms with Gasteiger partial charge in [-0.15, -0.1) is 0 Å². The molecule has 0 fully saturated rings. The van der Waals surface area contributed by atoms with E-state index in [1.54, 1.807) is 13.8 Å². The van der Waals surface area contributed by atoms with Crippen molar-refractivity contribution in [3.63, 3.8) is 0 Å². The van der Waals surface area contributed by atoms with E-state index in [9.17, 15) is 4.79 Å². The summed E-state index contributed by atoms with van der Waals surface area (Å²) in [6.07, 6.45) is 0.730. The highest BCUT2D eigenvalue weighted by Gasteiger charge is 2.23. The van der Waals surface area contributed by atoms with E-state index in [0.717, 1.165) is 6.42 Å². The van der Waals surface area contributed by atoms with Crippen LogP contribution in [0.25, 0.3) is 0 Å². The Balaban J connectivity index is 3.82. The summed E-state index contributed by atoms with van der Waals surface area (Å²) in [5, 5.41) is 8.60. The molecular formula is C10H21NO3. The van der Waals surface area contributed by atoms with Gasteiger partial charge in [-0.05, 0) is 34.1 Å². The molecule has 4 heteroatoms. The second-order valence-corrected chi connectivity index (χ2v) is 4.92. The molecule has 14 heavy (non-hydrogen) atoms. The van der Waals surface area contributed by atoms with E-state index in [1.165, 1.54) is 0 Å². The van der Waals surface area contributed by atoms with Crippen LogP contribution >= 0.6 is 0 Å². The van der Waals surface area contributed by atoms with Gasteiger partial charge in [-0.3, -0.25) is 4.79 Å². The lowest BCUT2D eigenvalue weighted by atomic mass is 10.0. The number of carbonyl (C=O) groups is 1. The second kappa shape index (κ2) is 4.75. The number of carboxylic acid groups (broad SMARTS) is 1. The average Bonchev–Trinajstić information content (AvgIpc) is 1.78. The highest BCUT2D eigenvalue weighted by atomic mass is 16.5. The number of ether oxygens (including phenoxy) is 1. The van der Waals surface area contributed by atoms with E-state index in [1.807, 2.05) is 13.8 Å². The molecule has 4 nitrogen and oxygen atoms in total. The van der Waals surface area contributed by atoms with Crippen molar-refractivity contribution in [2.24, 2.45) is 5.73 Å². The first-order valence-corrected chi connectivity index (χ1v) is 4.77. The quantitative estimate of drug-likeness (QED) is 0.684. The Kier molecular flexibility index (Phi) is 4.55. The Morgan fingerprint density at radius 1 is 1.36 bits per heavy atom. The maximum atomic E-state index is 10.5. The molecule has 0 amide bonds. The monoisotopic (exact) mass is 203 g/mol. The van der Waals surface area contributed by atoms with E-state index in [0.29, 0.717) is 6.61 Å². The first-order chi connectivity index (χ1) is 6.12. The molecule has 84 valence electrons. The third-order valence-electron chi connectivity index (χ3n) is 1.82. The summed E-state index contributed by atoms with van der Waals surface area (Å²) in [6.45, 7) is 7.86. The van der Waals surface area contributed by atoms with E-state index in [-0.39, 0.29) is 12.0 Å². The highest BCUT2D eigenvalue weighted by molar-refractivity contribution is 5.67. The van der Waals surface area contributed by atoms with Gasteiger partial charge in [0.15, 0.2) is 0 Å². The van der Waals surface area contributed by atoms with Gasteiger partial charge in [-0.2, -0.15) is 0 Å². The molecule has 0 spiro atoms. The predicted octanol–water partition coefficient (Wildman–Crippen LogP) is 1.38. The number of rotatable bonds is 6. The van der Waals surface area contributed by atoms with E-state index >= 15 is 0 Å².